The SMILES string of the molecule is CCCOc1ccccc1C(N)C1CCc2ccccc21. The first-order valence-electron chi connectivity index (χ1n) is 7.86. The third-order valence-corrected chi connectivity index (χ3v) is 4.35. The molecule has 3 rings (SSSR count). The fraction of sp³-hybridized carbons (Fsp3) is 0.368. The van der Waals surface area contributed by atoms with Crippen molar-refractivity contribution in [2.24, 2.45) is 5.73 Å². The van der Waals surface area contributed by atoms with E-state index >= 15 is 0 Å². The van der Waals surface area contributed by atoms with Crippen molar-refractivity contribution in [2.45, 2.75) is 38.1 Å². The van der Waals surface area contributed by atoms with Gasteiger partial charge in [0.15, 0.2) is 0 Å². The fourth-order valence-electron chi connectivity index (χ4n) is 3.28. The van der Waals surface area contributed by atoms with E-state index in [1.807, 2.05) is 12.1 Å². The van der Waals surface area contributed by atoms with Crippen LogP contribution in [0.3, 0.4) is 0 Å². The van der Waals surface area contributed by atoms with Gasteiger partial charge < -0.3 is 10.5 Å². The summed E-state index contributed by atoms with van der Waals surface area (Å²) >= 11 is 0. The molecule has 2 atom stereocenters. The van der Waals surface area contributed by atoms with Crippen molar-refractivity contribution < 1.29 is 4.74 Å². The summed E-state index contributed by atoms with van der Waals surface area (Å²) in [5, 5.41) is 0. The number of nitrogens with two attached hydrogens (primary N) is 1. The molecule has 0 aromatic heterocycles. The molecule has 0 aliphatic heterocycles. The minimum atomic E-state index is 0.00158. The molecule has 2 aromatic rings. The lowest BCUT2D eigenvalue weighted by Crippen LogP contribution is -2.19. The quantitative estimate of drug-likeness (QED) is 0.891. The molecule has 2 aromatic carbocycles. The highest BCUT2D eigenvalue weighted by Gasteiger charge is 2.29. The summed E-state index contributed by atoms with van der Waals surface area (Å²) in [4.78, 5) is 0. The topological polar surface area (TPSA) is 35.2 Å². The standard InChI is InChI=1S/C19H23NO/c1-2-13-21-18-10-6-5-9-17(18)19(20)16-12-11-14-7-3-4-8-15(14)16/h3-10,16,19H,2,11-13,20H2,1H3. The van der Waals surface area contributed by atoms with Gasteiger partial charge in [0.05, 0.1) is 6.61 Å². The second kappa shape index (κ2) is 6.31. The van der Waals surface area contributed by atoms with E-state index in [1.165, 1.54) is 11.1 Å². The molecule has 21 heavy (non-hydrogen) atoms. The van der Waals surface area contributed by atoms with Crippen molar-refractivity contribution in [1.29, 1.82) is 0 Å². The van der Waals surface area contributed by atoms with E-state index in [2.05, 4.69) is 43.3 Å². The highest BCUT2D eigenvalue weighted by molar-refractivity contribution is 5.42. The first kappa shape index (κ1) is 14.2. The molecule has 2 N–H and O–H groups in total. The van der Waals surface area contributed by atoms with Crippen molar-refractivity contribution in [1.82, 2.24) is 0 Å². The van der Waals surface area contributed by atoms with Crippen LogP contribution in [-0.4, -0.2) is 6.61 Å². The molecule has 2 unspecified atom stereocenters. The van der Waals surface area contributed by atoms with Crippen LogP contribution < -0.4 is 10.5 Å². The van der Waals surface area contributed by atoms with E-state index in [-0.39, 0.29) is 6.04 Å². The highest BCUT2D eigenvalue weighted by atomic mass is 16.5. The van der Waals surface area contributed by atoms with Crippen LogP contribution in [-0.2, 0) is 6.42 Å². The number of hydrogen-bond acceptors (Lipinski definition) is 2. The van der Waals surface area contributed by atoms with Gasteiger partial charge in [-0.1, -0.05) is 49.4 Å². The Morgan fingerprint density at radius 1 is 1.14 bits per heavy atom. The highest BCUT2D eigenvalue weighted by Crippen LogP contribution is 2.42. The van der Waals surface area contributed by atoms with Crippen LogP contribution in [0.1, 0.15) is 48.4 Å². The van der Waals surface area contributed by atoms with Gasteiger partial charge in [-0.15, -0.1) is 0 Å². The van der Waals surface area contributed by atoms with Crippen molar-refractivity contribution >= 4 is 0 Å². The summed E-state index contributed by atoms with van der Waals surface area (Å²) in [6, 6.07) is 16.9. The number of para-hydroxylation sites is 1. The van der Waals surface area contributed by atoms with Gasteiger partial charge in [0, 0.05) is 17.5 Å². The maximum absolute atomic E-state index is 6.61. The summed E-state index contributed by atoms with van der Waals surface area (Å²) in [5.41, 5.74) is 10.6. The van der Waals surface area contributed by atoms with Gasteiger partial charge in [-0.2, -0.15) is 0 Å². The molecular formula is C19H23NO. The molecule has 2 nitrogen and oxygen atoms in total. The Morgan fingerprint density at radius 2 is 1.90 bits per heavy atom. The third kappa shape index (κ3) is 2.81. The molecule has 0 fully saturated rings. The number of hydrogen-bond donors (Lipinski definition) is 1. The number of fused-ring (bicyclic) bond motifs is 1. The minimum Gasteiger partial charge on any atom is -0.493 e. The number of benzene rings is 2. The molecule has 0 heterocycles. The lowest BCUT2D eigenvalue weighted by atomic mass is 9.88. The van der Waals surface area contributed by atoms with Crippen molar-refractivity contribution in [2.75, 3.05) is 6.61 Å². The van der Waals surface area contributed by atoms with Gasteiger partial charge >= 0.3 is 0 Å². The molecule has 1 aliphatic carbocycles. The minimum absolute atomic E-state index is 0.00158. The molecule has 0 bridgehead atoms. The maximum atomic E-state index is 6.61. The summed E-state index contributed by atoms with van der Waals surface area (Å²) in [6.07, 6.45) is 3.27. The zero-order chi connectivity index (χ0) is 14.7. The van der Waals surface area contributed by atoms with E-state index in [4.69, 9.17) is 10.5 Å². The van der Waals surface area contributed by atoms with Crippen LogP contribution in [0.2, 0.25) is 0 Å². The lowest BCUT2D eigenvalue weighted by molar-refractivity contribution is 0.310. The van der Waals surface area contributed by atoms with E-state index < -0.39 is 0 Å². The Morgan fingerprint density at radius 3 is 2.76 bits per heavy atom. The van der Waals surface area contributed by atoms with E-state index in [0.29, 0.717) is 5.92 Å². The second-order valence-electron chi connectivity index (χ2n) is 5.76. The van der Waals surface area contributed by atoms with Gasteiger partial charge in [0.2, 0.25) is 0 Å². The van der Waals surface area contributed by atoms with E-state index in [1.54, 1.807) is 0 Å². The molecule has 0 saturated carbocycles. The zero-order valence-corrected chi connectivity index (χ0v) is 12.6. The van der Waals surface area contributed by atoms with Gasteiger partial charge in [0.25, 0.3) is 0 Å². The first-order valence-corrected chi connectivity index (χ1v) is 7.86. The van der Waals surface area contributed by atoms with Crippen LogP contribution in [0, 0.1) is 0 Å². The average molecular weight is 281 g/mol. The lowest BCUT2D eigenvalue weighted by Gasteiger charge is -2.23. The van der Waals surface area contributed by atoms with E-state index in [0.717, 1.165) is 37.2 Å². The van der Waals surface area contributed by atoms with Crippen molar-refractivity contribution in [3.8, 4) is 5.75 Å². The van der Waals surface area contributed by atoms with Crippen molar-refractivity contribution in [3.05, 3.63) is 65.2 Å². The predicted octanol–water partition coefficient (Wildman–Crippen LogP) is 4.21. The van der Waals surface area contributed by atoms with Crippen LogP contribution >= 0.6 is 0 Å². The Hall–Kier alpha value is -1.80. The summed E-state index contributed by atoms with van der Waals surface area (Å²) < 4.78 is 5.87. The molecule has 1 aliphatic rings. The molecule has 0 spiro atoms. The Kier molecular flexibility index (Phi) is 4.26. The first-order chi connectivity index (χ1) is 10.3. The smallest absolute Gasteiger partial charge is 0.124 e. The molecule has 0 amide bonds. The van der Waals surface area contributed by atoms with Crippen LogP contribution in [0.15, 0.2) is 48.5 Å². The number of aryl methyl sites for hydroxylation is 1. The van der Waals surface area contributed by atoms with Crippen LogP contribution in [0.5, 0.6) is 5.75 Å². The largest absolute Gasteiger partial charge is 0.493 e. The predicted molar refractivity (Wildman–Crippen MR) is 86.7 cm³/mol. The second-order valence-corrected chi connectivity index (χ2v) is 5.76. The van der Waals surface area contributed by atoms with Crippen LogP contribution in [0.4, 0.5) is 0 Å². The van der Waals surface area contributed by atoms with Gasteiger partial charge in [0.1, 0.15) is 5.75 Å². The Bertz CT molecular complexity index is 608. The molecule has 0 saturated heterocycles. The van der Waals surface area contributed by atoms with Gasteiger partial charge in [-0.3, -0.25) is 0 Å². The van der Waals surface area contributed by atoms with Crippen molar-refractivity contribution in [3.63, 3.8) is 0 Å². The molecular weight excluding hydrogens is 258 g/mol. The molecule has 0 radical (unpaired) electrons. The Labute approximate surface area is 126 Å². The van der Waals surface area contributed by atoms with E-state index in [9.17, 15) is 0 Å². The van der Waals surface area contributed by atoms with Gasteiger partial charge in [-0.25, -0.2) is 0 Å². The summed E-state index contributed by atoms with van der Waals surface area (Å²) in [6.45, 7) is 2.86. The maximum Gasteiger partial charge on any atom is 0.124 e. The number of rotatable bonds is 5. The van der Waals surface area contributed by atoms with Gasteiger partial charge in [-0.05, 0) is 36.5 Å². The molecule has 2 heteroatoms. The fourth-order valence-corrected chi connectivity index (χ4v) is 3.28. The zero-order valence-electron chi connectivity index (χ0n) is 12.6. The molecule has 110 valence electrons. The van der Waals surface area contributed by atoms with Crippen LogP contribution in [0.25, 0.3) is 0 Å². The monoisotopic (exact) mass is 281 g/mol. The average Bonchev–Trinajstić information content (AvgIpc) is 2.96. The summed E-state index contributed by atoms with van der Waals surface area (Å²) in [7, 11) is 0. The Balaban J connectivity index is 1.88. The summed E-state index contributed by atoms with van der Waals surface area (Å²) in [5.74, 6) is 1.34. The normalized spacial score (nSPS) is 18.3. The number of ether oxygens (including phenoxy) is 1. The third-order valence-electron chi connectivity index (χ3n) is 4.35.